The first-order valence-electron chi connectivity index (χ1n) is 6.34. The number of amides is 1. The average Bonchev–Trinajstić information content (AvgIpc) is 2.14. The van der Waals surface area contributed by atoms with Gasteiger partial charge in [0.2, 0.25) is 5.91 Å². The molecule has 1 amide bonds. The van der Waals surface area contributed by atoms with Gasteiger partial charge in [0.1, 0.15) is 0 Å². The summed E-state index contributed by atoms with van der Waals surface area (Å²) in [7, 11) is 4.08. The summed E-state index contributed by atoms with van der Waals surface area (Å²) in [5.41, 5.74) is 0. The monoisotopic (exact) mass is 225 g/mol. The zero-order valence-corrected chi connectivity index (χ0v) is 10.4. The quantitative estimate of drug-likeness (QED) is 0.750. The van der Waals surface area contributed by atoms with Crippen LogP contribution in [-0.4, -0.2) is 61.5 Å². The summed E-state index contributed by atoms with van der Waals surface area (Å²) in [6, 6.07) is 0.864. The largest absolute Gasteiger partial charge is 0.343 e. The molecule has 1 aliphatic carbocycles. The fourth-order valence-corrected chi connectivity index (χ4v) is 2.46. The zero-order valence-electron chi connectivity index (χ0n) is 10.4. The smallest absolute Gasteiger partial charge is 0.224 e. The molecule has 16 heavy (non-hydrogen) atoms. The van der Waals surface area contributed by atoms with E-state index in [0.29, 0.717) is 24.4 Å². The Morgan fingerprint density at radius 1 is 1.50 bits per heavy atom. The fraction of sp³-hybridized carbons (Fsp3) is 0.917. The first-order chi connectivity index (χ1) is 7.66. The molecule has 4 heteroatoms. The molecule has 2 fully saturated rings. The highest BCUT2D eigenvalue weighted by atomic mass is 16.2. The van der Waals surface area contributed by atoms with Gasteiger partial charge < -0.3 is 15.1 Å². The number of hydrogen-bond donors (Lipinski definition) is 1. The Labute approximate surface area is 98.0 Å². The van der Waals surface area contributed by atoms with Crippen LogP contribution in [0.1, 0.15) is 25.7 Å². The summed E-state index contributed by atoms with van der Waals surface area (Å²) < 4.78 is 0. The van der Waals surface area contributed by atoms with Gasteiger partial charge in [-0.05, 0) is 26.3 Å². The highest BCUT2D eigenvalue weighted by molar-refractivity contribution is 5.77. The highest BCUT2D eigenvalue weighted by Gasteiger charge is 2.27. The molecule has 4 nitrogen and oxygen atoms in total. The second-order valence-electron chi connectivity index (χ2n) is 5.21. The molecule has 2 aliphatic rings. The molecule has 92 valence electrons. The van der Waals surface area contributed by atoms with Crippen molar-refractivity contribution in [1.29, 1.82) is 0 Å². The predicted molar refractivity (Wildman–Crippen MR) is 64.3 cm³/mol. The number of carbonyl (C=O) groups excluding carboxylic acids is 1. The minimum atomic E-state index is 0.303. The average molecular weight is 225 g/mol. The van der Waals surface area contributed by atoms with Crippen LogP contribution in [0.25, 0.3) is 0 Å². The molecule has 2 rings (SSSR count). The second kappa shape index (κ2) is 5.15. The molecule has 0 aromatic rings. The van der Waals surface area contributed by atoms with Crippen LogP contribution in [0.3, 0.4) is 0 Å². The molecule has 1 saturated carbocycles. The lowest BCUT2D eigenvalue weighted by molar-refractivity contribution is -0.134. The standard InChI is InChI=1S/C12H23N3O/c1-14-7-6-13-10(9-14)8-12(16)15(2)11-4-3-5-11/h10-11,13H,3-9H2,1-2H3. The summed E-state index contributed by atoms with van der Waals surface area (Å²) in [6.07, 6.45) is 4.32. The van der Waals surface area contributed by atoms with Gasteiger partial charge in [0.05, 0.1) is 0 Å². The van der Waals surface area contributed by atoms with E-state index in [2.05, 4.69) is 17.3 Å². The van der Waals surface area contributed by atoms with Crippen LogP contribution in [0.5, 0.6) is 0 Å². The topological polar surface area (TPSA) is 35.6 Å². The zero-order chi connectivity index (χ0) is 11.5. The molecule has 0 aromatic heterocycles. The summed E-state index contributed by atoms with van der Waals surface area (Å²) in [4.78, 5) is 16.3. The van der Waals surface area contributed by atoms with Crippen molar-refractivity contribution in [2.24, 2.45) is 0 Å². The van der Waals surface area contributed by atoms with Crippen molar-refractivity contribution in [3.05, 3.63) is 0 Å². The lowest BCUT2D eigenvalue weighted by Crippen LogP contribution is -2.52. The first kappa shape index (κ1) is 11.9. The van der Waals surface area contributed by atoms with Crippen molar-refractivity contribution in [3.8, 4) is 0 Å². The number of hydrogen-bond acceptors (Lipinski definition) is 3. The van der Waals surface area contributed by atoms with Gasteiger partial charge in [-0.3, -0.25) is 4.79 Å². The van der Waals surface area contributed by atoms with Crippen molar-refractivity contribution in [2.75, 3.05) is 33.7 Å². The van der Waals surface area contributed by atoms with Crippen LogP contribution in [0.4, 0.5) is 0 Å². The van der Waals surface area contributed by atoms with Crippen LogP contribution >= 0.6 is 0 Å². The van der Waals surface area contributed by atoms with Crippen molar-refractivity contribution < 1.29 is 4.79 Å². The molecule has 1 heterocycles. The number of likely N-dealkylation sites (N-methyl/N-ethyl adjacent to an activating group) is 1. The number of carbonyl (C=O) groups is 1. The third-order valence-electron chi connectivity index (χ3n) is 3.90. The molecule has 1 unspecified atom stereocenters. The van der Waals surface area contributed by atoms with E-state index >= 15 is 0 Å². The first-order valence-corrected chi connectivity index (χ1v) is 6.34. The molecule has 1 atom stereocenters. The van der Waals surface area contributed by atoms with E-state index in [-0.39, 0.29) is 0 Å². The fourth-order valence-electron chi connectivity index (χ4n) is 2.46. The van der Waals surface area contributed by atoms with E-state index in [1.165, 1.54) is 19.3 Å². The van der Waals surface area contributed by atoms with Crippen LogP contribution < -0.4 is 5.32 Å². The molecule has 0 radical (unpaired) electrons. The highest BCUT2D eigenvalue weighted by Crippen LogP contribution is 2.24. The van der Waals surface area contributed by atoms with Gasteiger partial charge in [-0.25, -0.2) is 0 Å². The molecule has 0 spiro atoms. The van der Waals surface area contributed by atoms with E-state index in [0.717, 1.165) is 19.6 Å². The Balaban J connectivity index is 1.77. The van der Waals surface area contributed by atoms with Crippen LogP contribution in [0.15, 0.2) is 0 Å². The van der Waals surface area contributed by atoms with Crippen molar-refractivity contribution >= 4 is 5.91 Å². The molecule has 0 bridgehead atoms. The van der Waals surface area contributed by atoms with Crippen LogP contribution in [0, 0.1) is 0 Å². The Bertz CT molecular complexity index is 253. The third-order valence-corrected chi connectivity index (χ3v) is 3.90. The van der Waals surface area contributed by atoms with Gasteiger partial charge in [0.15, 0.2) is 0 Å². The molecule has 1 aliphatic heterocycles. The van der Waals surface area contributed by atoms with E-state index in [9.17, 15) is 4.79 Å². The summed E-state index contributed by atoms with van der Waals surface area (Å²) in [6.45, 7) is 3.08. The molecule has 0 aromatic carbocycles. The van der Waals surface area contributed by atoms with E-state index < -0.39 is 0 Å². The summed E-state index contributed by atoms with van der Waals surface area (Å²) in [5.74, 6) is 0.303. The van der Waals surface area contributed by atoms with Gasteiger partial charge in [-0.2, -0.15) is 0 Å². The number of nitrogens with zero attached hydrogens (tertiary/aromatic N) is 2. The molecular weight excluding hydrogens is 202 g/mol. The SMILES string of the molecule is CN1CCNC(CC(=O)N(C)C2CCC2)C1. The third kappa shape index (κ3) is 2.74. The van der Waals surface area contributed by atoms with E-state index in [1.54, 1.807) is 0 Å². The Morgan fingerprint density at radius 2 is 2.25 bits per heavy atom. The van der Waals surface area contributed by atoms with Gasteiger partial charge in [0, 0.05) is 45.2 Å². The summed E-state index contributed by atoms with van der Waals surface area (Å²) in [5, 5.41) is 3.42. The van der Waals surface area contributed by atoms with Gasteiger partial charge in [-0.15, -0.1) is 0 Å². The maximum atomic E-state index is 12.0. The van der Waals surface area contributed by atoms with Crippen molar-refractivity contribution in [1.82, 2.24) is 15.1 Å². The van der Waals surface area contributed by atoms with E-state index in [4.69, 9.17) is 0 Å². The minimum Gasteiger partial charge on any atom is -0.343 e. The summed E-state index contributed by atoms with van der Waals surface area (Å²) >= 11 is 0. The minimum absolute atomic E-state index is 0.303. The second-order valence-corrected chi connectivity index (χ2v) is 5.21. The Hall–Kier alpha value is -0.610. The van der Waals surface area contributed by atoms with Gasteiger partial charge >= 0.3 is 0 Å². The Morgan fingerprint density at radius 3 is 2.81 bits per heavy atom. The lowest BCUT2D eigenvalue weighted by Gasteiger charge is -2.37. The maximum Gasteiger partial charge on any atom is 0.224 e. The maximum absolute atomic E-state index is 12.0. The van der Waals surface area contributed by atoms with E-state index in [1.807, 2.05) is 11.9 Å². The number of rotatable bonds is 3. The van der Waals surface area contributed by atoms with Crippen LogP contribution in [0.2, 0.25) is 0 Å². The number of piperazine rings is 1. The van der Waals surface area contributed by atoms with Crippen molar-refractivity contribution in [3.63, 3.8) is 0 Å². The van der Waals surface area contributed by atoms with Gasteiger partial charge in [-0.1, -0.05) is 0 Å². The lowest BCUT2D eigenvalue weighted by atomic mass is 9.91. The molecular formula is C12H23N3O. The molecule has 1 saturated heterocycles. The molecule has 1 N–H and O–H groups in total. The predicted octanol–water partition coefficient (Wildman–Crippen LogP) is 0.291. The normalized spacial score (nSPS) is 27.5. The Kier molecular flexibility index (Phi) is 3.82. The van der Waals surface area contributed by atoms with Crippen LogP contribution in [-0.2, 0) is 4.79 Å². The number of nitrogens with one attached hydrogen (secondary N) is 1. The van der Waals surface area contributed by atoms with Crippen molar-refractivity contribution in [2.45, 2.75) is 37.8 Å². The van der Waals surface area contributed by atoms with Gasteiger partial charge in [0.25, 0.3) is 0 Å².